The maximum Gasteiger partial charge on any atom is 0.257 e. The van der Waals surface area contributed by atoms with Crippen molar-refractivity contribution in [2.75, 3.05) is 6.61 Å². The topological polar surface area (TPSA) is 50.4 Å². The molecule has 1 amide bonds. The number of hydrogen-bond donors (Lipinski definition) is 2. The van der Waals surface area contributed by atoms with Crippen molar-refractivity contribution in [3.05, 3.63) is 28.2 Å². The van der Waals surface area contributed by atoms with Crippen LogP contribution >= 0.6 is 28.1 Å². The largest absolute Gasteiger partial charge is 0.492 e. The zero-order valence-corrected chi connectivity index (χ0v) is 16.7. The highest BCUT2D eigenvalue weighted by atomic mass is 79.9. The van der Waals surface area contributed by atoms with Crippen molar-refractivity contribution in [1.29, 1.82) is 0 Å². The fraction of sp³-hybridized carbons (Fsp3) is 0.529. The lowest BCUT2D eigenvalue weighted by atomic mass is 10.1. The Kier molecular flexibility index (Phi) is 7.48. The molecule has 0 radical (unpaired) electrons. The minimum absolute atomic E-state index is 0.195. The number of rotatable bonds is 5. The number of ether oxygens (including phenoxy) is 1. The van der Waals surface area contributed by atoms with Crippen LogP contribution in [0.3, 0.4) is 0 Å². The van der Waals surface area contributed by atoms with Gasteiger partial charge in [-0.05, 0) is 79.5 Å². The number of benzene rings is 1. The molecule has 128 valence electrons. The van der Waals surface area contributed by atoms with Gasteiger partial charge in [0, 0.05) is 11.1 Å². The second-order valence-electron chi connectivity index (χ2n) is 6.83. The highest BCUT2D eigenvalue weighted by Gasteiger charge is 2.15. The first-order valence-electron chi connectivity index (χ1n) is 7.64. The Balaban J connectivity index is 2.65. The summed E-state index contributed by atoms with van der Waals surface area (Å²) < 4.78 is 6.47. The van der Waals surface area contributed by atoms with Crippen LogP contribution in [-0.4, -0.2) is 23.2 Å². The molecule has 0 bridgehead atoms. The molecule has 0 fully saturated rings. The number of nitrogens with one attached hydrogen (secondary N) is 2. The van der Waals surface area contributed by atoms with Gasteiger partial charge in [0.15, 0.2) is 5.11 Å². The van der Waals surface area contributed by atoms with Crippen molar-refractivity contribution in [3.63, 3.8) is 0 Å². The van der Waals surface area contributed by atoms with Crippen LogP contribution in [0.4, 0.5) is 0 Å². The van der Waals surface area contributed by atoms with E-state index in [4.69, 9.17) is 17.0 Å². The molecule has 0 aliphatic heterocycles. The molecule has 0 heterocycles. The van der Waals surface area contributed by atoms with Gasteiger partial charge in [0.05, 0.1) is 11.1 Å². The monoisotopic (exact) mass is 400 g/mol. The number of halogens is 1. The number of carbonyl (C=O) groups excluding carboxylic acids is 1. The molecular formula is C17H25BrN2O2S. The third kappa shape index (κ3) is 7.79. The van der Waals surface area contributed by atoms with Crippen LogP contribution in [0.25, 0.3) is 0 Å². The summed E-state index contributed by atoms with van der Waals surface area (Å²) in [7, 11) is 0. The van der Waals surface area contributed by atoms with Gasteiger partial charge >= 0.3 is 0 Å². The van der Waals surface area contributed by atoms with E-state index in [9.17, 15) is 4.79 Å². The molecule has 0 saturated heterocycles. The van der Waals surface area contributed by atoms with Gasteiger partial charge in [-0.3, -0.25) is 10.1 Å². The molecule has 1 aromatic carbocycles. The van der Waals surface area contributed by atoms with E-state index >= 15 is 0 Å². The fourth-order valence-electron chi connectivity index (χ4n) is 1.71. The Labute approximate surface area is 152 Å². The molecule has 0 spiro atoms. The van der Waals surface area contributed by atoms with Crippen LogP contribution < -0.4 is 15.4 Å². The Morgan fingerprint density at radius 1 is 1.35 bits per heavy atom. The molecule has 0 atom stereocenters. The van der Waals surface area contributed by atoms with Crippen molar-refractivity contribution in [2.24, 2.45) is 5.92 Å². The summed E-state index contributed by atoms with van der Waals surface area (Å²) in [4.78, 5) is 12.2. The second kappa shape index (κ2) is 8.64. The van der Waals surface area contributed by atoms with Gasteiger partial charge in [-0.15, -0.1) is 0 Å². The molecule has 0 saturated carbocycles. The smallest absolute Gasteiger partial charge is 0.257 e. The third-order valence-corrected chi connectivity index (χ3v) is 3.69. The molecule has 1 aromatic rings. The summed E-state index contributed by atoms with van der Waals surface area (Å²) in [5.74, 6) is 1.08. The van der Waals surface area contributed by atoms with Gasteiger partial charge in [-0.2, -0.15) is 0 Å². The van der Waals surface area contributed by atoms with E-state index in [0.29, 0.717) is 23.2 Å². The molecule has 0 aliphatic rings. The van der Waals surface area contributed by atoms with Crippen molar-refractivity contribution in [2.45, 2.75) is 46.6 Å². The molecule has 23 heavy (non-hydrogen) atoms. The lowest BCUT2D eigenvalue weighted by molar-refractivity contribution is 0.0976. The van der Waals surface area contributed by atoms with Crippen molar-refractivity contribution in [3.8, 4) is 5.75 Å². The predicted octanol–water partition coefficient (Wildman–Crippen LogP) is 4.28. The molecule has 2 N–H and O–H groups in total. The van der Waals surface area contributed by atoms with Gasteiger partial charge in [0.1, 0.15) is 5.75 Å². The van der Waals surface area contributed by atoms with Crippen molar-refractivity contribution >= 4 is 39.2 Å². The first-order chi connectivity index (χ1) is 10.6. The first kappa shape index (κ1) is 19.9. The van der Waals surface area contributed by atoms with Crippen LogP contribution in [0.15, 0.2) is 22.7 Å². The van der Waals surface area contributed by atoms with Gasteiger partial charge in [-0.1, -0.05) is 13.8 Å². The van der Waals surface area contributed by atoms with Crippen LogP contribution in [0.1, 0.15) is 51.4 Å². The summed E-state index contributed by atoms with van der Waals surface area (Å²) in [6, 6.07) is 5.25. The minimum Gasteiger partial charge on any atom is -0.492 e. The fourth-order valence-corrected chi connectivity index (χ4v) is 2.60. The summed E-state index contributed by atoms with van der Waals surface area (Å²) in [5.41, 5.74) is 0.324. The Morgan fingerprint density at radius 2 is 2.00 bits per heavy atom. The number of thiocarbonyl (C=S) groups is 1. The zero-order valence-electron chi connectivity index (χ0n) is 14.3. The summed E-state index contributed by atoms with van der Waals surface area (Å²) in [6.07, 6.45) is 0.988. The van der Waals surface area contributed by atoms with E-state index in [2.05, 4.69) is 40.4 Å². The lowest BCUT2D eigenvalue weighted by Gasteiger charge is -2.22. The van der Waals surface area contributed by atoms with E-state index in [1.807, 2.05) is 20.8 Å². The quantitative estimate of drug-likeness (QED) is 0.724. The Hall–Kier alpha value is -1.14. The zero-order chi connectivity index (χ0) is 17.6. The van der Waals surface area contributed by atoms with Gasteiger partial charge in [0.2, 0.25) is 0 Å². The van der Waals surface area contributed by atoms with Crippen LogP contribution in [0.5, 0.6) is 5.75 Å². The maximum absolute atomic E-state index is 12.2. The van der Waals surface area contributed by atoms with E-state index in [1.54, 1.807) is 18.2 Å². The molecule has 6 heteroatoms. The van der Waals surface area contributed by atoms with E-state index in [0.717, 1.165) is 16.6 Å². The number of hydrogen-bond acceptors (Lipinski definition) is 3. The van der Waals surface area contributed by atoms with Gasteiger partial charge in [0.25, 0.3) is 5.91 Å². The lowest BCUT2D eigenvalue weighted by Crippen LogP contribution is -2.48. The SMILES string of the molecule is CC(C)CCOc1ccc(C(=O)NC(=S)NC(C)(C)C)cc1Br. The highest BCUT2D eigenvalue weighted by Crippen LogP contribution is 2.26. The van der Waals surface area contributed by atoms with E-state index in [-0.39, 0.29) is 11.4 Å². The summed E-state index contributed by atoms with van der Waals surface area (Å²) >= 11 is 8.58. The maximum atomic E-state index is 12.2. The van der Waals surface area contributed by atoms with E-state index < -0.39 is 0 Å². The van der Waals surface area contributed by atoms with Crippen molar-refractivity contribution < 1.29 is 9.53 Å². The average molecular weight is 401 g/mol. The molecule has 4 nitrogen and oxygen atoms in total. The van der Waals surface area contributed by atoms with Crippen LogP contribution in [0, 0.1) is 5.92 Å². The highest BCUT2D eigenvalue weighted by molar-refractivity contribution is 9.10. The summed E-state index contributed by atoms with van der Waals surface area (Å²) in [5, 5.41) is 6.04. The first-order valence-corrected chi connectivity index (χ1v) is 8.84. The summed E-state index contributed by atoms with van der Waals surface area (Å²) in [6.45, 7) is 10.9. The number of amides is 1. The molecular weight excluding hydrogens is 376 g/mol. The molecule has 0 unspecified atom stereocenters. The van der Waals surface area contributed by atoms with Gasteiger partial charge < -0.3 is 10.1 Å². The standard InChI is InChI=1S/C17H25BrN2O2S/c1-11(2)8-9-22-14-7-6-12(10-13(14)18)15(21)19-16(23)20-17(3,4)5/h6-7,10-11H,8-9H2,1-5H3,(H2,19,20,21,23). The van der Waals surface area contributed by atoms with E-state index in [1.165, 1.54) is 0 Å². The normalized spacial score (nSPS) is 11.3. The second-order valence-corrected chi connectivity index (χ2v) is 8.10. The molecule has 0 aliphatic carbocycles. The van der Waals surface area contributed by atoms with Crippen molar-refractivity contribution in [1.82, 2.24) is 10.6 Å². The Morgan fingerprint density at radius 3 is 2.52 bits per heavy atom. The number of carbonyl (C=O) groups is 1. The Bertz CT molecular complexity index is 568. The third-order valence-electron chi connectivity index (χ3n) is 2.86. The van der Waals surface area contributed by atoms with Gasteiger partial charge in [-0.25, -0.2) is 0 Å². The predicted molar refractivity (Wildman–Crippen MR) is 102 cm³/mol. The minimum atomic E-state index is -0.249. The van der Waals surface area contributed by atoms with Crippen LogP contribution in [-0.2, 0) is 0 Å². The van der Waals surface area contributed by atoms with Crippen LogP contribution in [0.2, 0.25) is 0 Å². The average Bonchev–Trinajstić information content (AvgIpc) is 2.37. The molecule has 0 aromatic heterocycles. The molecule has 1 rings (SSSR count).